The number of carbonyl (C=O) groups excluding carboxylic acids is 1. The molecule has 1 aromatic rings. The highest BCUT2D eigenvalue weighted by Gasteiger charge is 2.27. The van der Waals surface area contributed by atoms with Gasteiger partial charge in [-0.3, -0.25) is 0 Å². The summed E-state index contributed by atoms with van der Waals surface area (Å²) in [6.07, 6.45) is -4.47. The average Bonchev–Trinajstić information content (AvgIpc) is 2.20. The van der Waals surface area contributed by atoms with Crippen LogP contribution in [0.3, 0.4) is 0 Å². The van der Waals surface area contributed by atoms with Crippen molar-refractivity contribution in [1.82, 2.24) is 5.32 Å². The van der Waals surface area contributed by atoms with Gasteiger partial charge in [-0.05, 0) is 12.1 Å². The summed E-state index contributed by atoms with van der Waals surface area (Å²) in [5, 5.41) is 4.05. The third-order valence-corrected chi connectivity index (χ3v) is 2.28. The molecule has 0 heterocycles. The molecule has 0 aliphatic carbocycles. The van der Waals surface area contributed by atoms with Gasteiger partial charge in [-0.15, -0.1) is 0 Å². The van der Waals surface area contributed by atoms with Crippen LogP contribution in [-0.2, 0) is 0 Å². The molecule has 17 heavy (non-hydrogen) atoms. The topological polar surface area (TPSA) is 41.1 Å². The molecule has 0 radical (unpaired) electrons. The van der Waals surface area contributed by atoms with E-state index in [1.54, 1.807) is 11.4 Å². The molecule has 0 atom stereocenters. The summed E-state index contributed by atoms with van der Waals surface area (Å²) in [4.78, 5) is 11.1. The average molecular weight is 287 g/mol. The molecule has 0 saturated carbocycles. The lowest BCUT2D eigenvalue weighted by Crippen LogP contribution is -2.36. The Kier molecular flexibility index (Phi) is 4.47. The van der Waals surface area contributed by atoms with E-state index in [4.69, 9.17) is 23.2 Å². The molecule has 94 valence electrons. The lowest BCUT2D eigenvalue weighted by molar-refractivity contribution is -0.122. The fraction of sp³-hybridized carbons (Fsp3) is 0.222. The maximum absolute atomic E-state index is 11.8. The summed E-state index contributed by atoms with van der Waals surface area (Å²) < 4.78 is 35.5. The van der Waals surface area contributed by atoms with E-state index in [9.17, 15) is 18.0 Å². The van der Waals surface area contributed by atoms with Crippen LogP contribution in [0.25, 0.3) is 0 Å². The van der Waals surface area contributed by atoms with Gasteiger partial charge in [0.1, 0.15) is 6.54 Å². The number of alkyl halides is 3. The van der Waals surface area contributed by atoms with Crippen LogP contribution < -0.4 is 10.6 Å². The van der Waals surface area contributed by atoms with Crippen molar-refractivity contribution >= 4 is 34.9 Å². The summed E-state index contributed by atoms with van der Waals surface area (Å²) in [5.41, 5.74) is 0.0653. The first kappa shape index (κ1) is 13.9. The Balaban J connectivity index is 2.63. The number of para-hydroxylation sites is 1. The zero-order valence-corrected chi connectivity index (χ0v) is 9.75. The lowest BCUT2D eigenvalue weighted by atomic mass is 10.3. The summed E-state index contributed by atoms with van der Waals surface area (Å²) >= 11 is 11.4. The third kappa shape index (κ3) is 4.70. The molecule has 0 unspecified atom stereocenters. The first-order valence-electron chi connectivity index (χ1n) is 4.35. The zero-order chi connectivity index (χ0) is 13.1. The fourth-order valence-corrected chi connectivity index (χ4v) is 1.45. The Morgan fingerprint density at radius 3 is 2.24 bits per heavy atom. The molecule has 0 bridgehead atoms. The van der Waals surface area contributed by atoms with E-state index in [1.165, 1.54) is 12.1 Å². The minimum absolute atomic E-state index is 0.0653. The van der Waals surface area contributed by atoms with Gasteiger partial charge >= 0.3 is 12.2 Å². The van der Waals surface area contributed by atoms with Gasteiger partial charge in [0, 0.05) is 0 Å². The summed E-state index contributed by atoms with van der Waals surface area (Å²) in [6, 6.07) is 3.42. The Labute approximate surface area is 105 Å². The van der Waals surface area contributed by atoms with Crippen LogP contribution in [0.2, 0.25) is 10.0 Å². The number of benzene rings is 1. The number of hydrogen-bond donors (Lipinski definition) is 2. The van der Waals surface area contributed by atoms with Crippen LogP contribution >= 0.6 is 23.2 Å². The molecular weight excluding hydrogens is 280 g/mol. The molecule has 2 N–H and O–H groups in total. The van der Waals surface area contributed by atoms with E-state index >= 15 is 0 Å². The highest BCUT2D eigenvalue weighted by atomic mass is 35.5. The number of hydrogen-bond acceptors (Lipinski definition) is 1. The van der Waals surface area contributed by atoms with Gasteiger partial charge in [0.25, 0.3) is 0 Å². The highest BCUT2D eigenvalue weighted by Crippen LogP contribution is 2.29. The molecular formula is C9H7Cl2F3N2O. The highest BCUT2D eigenvalue weighted by molar-refractivity contribution is 6.39. The van der Waals surface area contributed by atoms with Crippen molar-refractivity contribution < 1.29 is 18.0 Å². The summed E-state index contributed by atoms with van der Waals surface area (Å²) in [7, 11) is 0. The van der Waals surface area contributed by atoms with Gasteiger partial charge in [-0.25, -0.2) is 4.79 Å². The van der Waals surface area contributed by atoms with E-state index in [1.807, 2.05) is 0 Å². The number of anilines is 1. The van der Waals surface area contributed by atoms with Crippen molar-refractivity contribution in [1.29, 1.82) is 0 Å². The van der Waals surface area contributed by atoms with Crippen molar-refractivity contribution in [2.24, 2.45) is 0 Å². The first-order chi connectivity index (χ1) is 7.79. The molecule has 0 aliphatic rings. The number of rotatable bonds is 2. The third-order valence-electron chi connectivity index (χ3n) is 1.65. The van der Waals surface area contributed by atoms with E-state index in [-0.39, 0.29) is 15.7 Å². The second-order valence-electron chi connectivity index (χ2n) is 3.02. The lowest BCUT2D eigenvalue weighted by Gasteiger charge is -2.11. The molecule has 0 aliphatic heterocycles. The number of carbonyl (C=O) groups is 1. The second-order valence-corrected chi connectivity index (χ2v) is 3.83. The van der Waals surface area contributed by atoms with Crippen LogP contribution in [-0.4, -0.2) is 18.8 Å². The predicted octanol–water partition coefficient (Wildman–Crippen LogP) is 3.68. The standard InChI is InChI=1S/C9H7Cl2F3N2O/c10-5-2-1-3-6(11)7(5)16-8(17)15-4-9(12,13)14/h1-3H,4H2,(H2,15,16,17). The second kappa shape index (κ2) is 5.46. The maximum Gasteiger partial charge on any atom is 0.405 e. The van der Waals surface area contributed by atoms with Crippen LogP contribution in [0.4, 0.5) is 23.7 Å². The van der Waals surface area contributed by atoms with Gasteiger partial charge in [-0.2, -0.15) is 13.2 Å². The molecule has 0 fully saturated rings. The van der Waals surface area contributed by atoms with Crippen LogP contribution in [0, 0.1) is 0 Å². The van der Waals surface area contributed by atoms with Crippen LogP contribution in [0.15, 0.2) is 18.2 Å². The van der Waals surface area contributed by atoms with E-state index in [0.717, 1.165) is 0 Å². The normalized spacial score (nSPS) is 11.1. The molecule has 2 amide bonds. The number of amides is 2. The Bertz CT molecular complexity index is 403. The van der Waals surface area contributed by atoms with Crippen molar-refractivity contribution in [3.63, 3.8) is 0 Å². The van der Waals surface area contributed by atoms with E-state index in [2.05, 4.69) is 5.32 Å². The fourth-order valence-electron chi connectivity index (χ4n) is 0.955. The SMILES string of the molecule is O=C(NCC(F)(F)F)Nc1c(Cl)cccc1Cl. The van der Waals surface area contributed by atoms with Crippen LogP contribution in [0.1, 0.15) is 0 Å². The Hall–Kier alpha value is -1.14. The minimum atomic E-state index is -4.47. The summed E-state index contributed by atoms with van der Waals surface area (Å²) in [6.45, 7) is -1.43. The van der Waals surface area contributed by atoms with Crippen molar-refractivity contribution in [3.8, 4) is 0 Å². The summed E-state index contributed by atoms with van der Waals surface area (Å²) in [5.74, 6) is 0. The Morgan fingerprint density at radius 1 is 1.24 bits per heavy atom. The van der Waals surface area contributed by atoms with Crippen molar-refractivity contribution in [2.45, 2.75) is 6.18 Å². The first-order valence-corrected chi connectivity index (χ1v) is 5.11. The van der Waals surface area contributed by atoms with Gasteiger partial charge in [0.15, 0.2) is 0 Å². The molecule has 0 saturated heterocycles. The van der Waals surface area contributed by atoms with Gasteiger partial charge in [0.2, 0.25) is 0 Å². The number of halogens is 5. The Morgan fingerprint density at radius 2 is 1.76 bits per heavy atom. The molecule has 1 aromatic carbocycles. The monoisotopic (exact) mass is 286 g/mol. The smallest absolute Gasteiger partial charge is 0.329 e. The molecule has 3 nitrogen and oxygen atoms in total. The van der Waals surface area contributed by atoms with Gasteiger partial charge in [-0.1, -0.05) is 29.3 Å². The predicted molar refractivity (Wildman–Crippen MR) is 59.5 cm³/mol. The molecule has 8 heteroatoms. The van der Waals surface area contributed by atoms with Crippen molar-refractivity contribution in [2.75, 3.05) is 11.9 Å². The molecule has 0 aromatic heterocycles. The number of urea groups is 1. The quantitative estimate of drug-likeness (QED) is 0.856. The molecule has 1 rings (SSSR count). The largest absolute Gasteiger partial charge is 0.405 e. The van der Waals surface area contributed by atoms with E-state index in [0.29, 0.717) is 0 Å². The van der Waals surface area contributed by atoms with Gasteiger partial charge < -0.3 is 10.6 Å². The number of nitrogens with one attached hydrogen (secondary N) is 2. The van der Waals surface area contributed by atoms with Crippen molar-refractivity contribution in [3.05, 3.63) is 28.2 Å². The van der Waals surface area contributed by atoms with E-state index < -0.39 is 18.8 Å². The minimum Gasteiger partial charge on any atom is -0.329 e. The zero-order valence-electron chi connectivity index (χ0n) is 8.24. The maximum atomic E-state index is 11.8. The van der Waals surface area contributed by atoms with Crippen LogP contribution in [0.5, 0.6) is 0 Å². The molecule has 0 spiro atoms. The van der Waals surface area contributed by atoms with Gasteiger partial charge in [0.05, 0.1) is 15.7 Å².